The SMILES string of the molecule is CCOc1cc(/C=C/C(=O)Nc2ccc(NC(=O)C(C)C)cc2)ccc1OC(F)F. The molecule has 6 nitrogen and oxygen atoms in total. The Morgan fingerprint density at radius 2 is 1.63 bits per heavy atom. The van der Waals surface area contributed by atoms with Crippen molar-refractivity contribution in [1.82, 2.24) is 0 Å². The maximum atomic E-state index is 12.5. The molecule has 0 saturated carbocycles. The lowest BCUT2D eigenvalue weighted by molar-refractivity contribution is -0.119. The third-order valence-corrected chi connectivity index (χ3v) is 3.86. The first kappa shape index (κ1) is 22.9. The van der Waals surface area contributed by atoms with Gasteiger partial charge in [-0.1, -0.05) is 19.9 Å². The molecule has 0 saturated heterocycles. The van der Waals surface area contributed by atoms with Crippen molar-refractivity contribution in [2.24, 2.45) is 5.92 Å². The molecule has 2 amide bonds. The van der Waals surface area contributed by atoms with Gasteiger partial charge in [0.25, 0.3) is 0 Å². The molecule has 0 unspecified atom stereocenters. The number of alkyl halides is 2. The molecule has 0 spiro atoms. The Hall–Kier alpha value is -3.42. The zero-order valence-electron chi connectivity index (χ0n) is 16.9. The normalized spacial score (nSPS) is 11.0. The summed E-state index contributed by atoms with van der Waals surface area (Å²) in [6, 6.07) is 11.1. The van der Waals surface area contributed by atoms with E-state index in [-0.39, 0.29) is 35.8 Å². The summed E-state index contributed by atoms with van der Waals surface area (Å²) in [5, 5.41) is 5.46. The van der Waals surface area contributed by atoms with E-state index in [0.29, 0.717) is 16.9 Å². The monoisotopic (exact) mass is 418 g/mol. The van der Waals surface area contributed by atoms with Crippen molar-refractivity contribution in [2.75, 3.05) is 17.2 Å². The summed E-state index contributed by atoms with van der Waals surface area (Å²) in [5.74, 6) is -0.503. The van der Waals surface area contributed by atoms with E-state index in [1.54, 1.807) is 45.0 Å². The number of hydrogen-bond acceptors (Lipinski definition) is 4. The summed E-state index contributed by atoms with van der Waals surface area (Å²) >= 11 is 0. The van der Waals surface area contributed by atoms with Gasteiger partial charge >= 0.3 is 6.61 Å². The minimum absolute atomic E-state index is 0.0712. The van der Waals surface area contributed by atoms with Gasteiger partial charge in [0.1, 0.15) is 0 Å². The van der Waals surface area contributed by atoms with Gasteiger partial charge in [-0.25, -0.2) is 0 Å². The molecule has 0 radical (unpaired) electrons. The molecule has 2 N–H and O–H groups in total. The molecule has 2 aromatic rings. The number of benzene rings is 2. The fourth-order valence-corrected chi connectivity index (χ4v) is 2.37. The summed E-state index contributed by atoms with van der Waals surface area (Å²) < 4.78 is 34.6. The number of halogens is 2. The topological polar surface area (TPSA) is 76.7 Å². The van der Waals surface area contributed by atoms with Crippen molar-refractivity contribution in [3.05, 3.63) is 54.1 Å². The number of carbonyl (C=O) groups excluding carboxylic acids is 2. The number of rotatable bonds is 9. The molecule has 0 aliphatic heterocycles. The van der Waals surface area contributed by atoms with Crippen LogP contribution >= 0.6 is 0 Å². The third-order valence-electron chi connectivity index (χ3n) is 3.86. The maximum Gasteiger partial charge on any atom is 0.387 e. The fourth-order valence-electron chi connectivity index (χ4n) is 2.37. The largest absolute Gasteiger partial charge is 0.490 e. The molecular weight excluding hydrogens is 394 g/mol. The number of amides is 2. The van der Waals surface area contributed by atoms with E-state index in [1.807, 2.05) is 0 Å². The summed E-state index contributed by atoms with van der Waals surface area (Å²) in [5.41, 5.74) is 1.78. The first-order valence-corrected chi connectivity index (χ1v) is 9.40. The predicted molar refractivity (Wildman–Crippen MR) is 112 cm³/mol. The number of anilines is 2. The van der Waals surface area contributed by atoms with E-state index in [0.717, 1.165) is 0 Å². The highest BCUT2D eigenvalue weighted by Crippen LogP contribution is 2.30. The number of hydrogen-bond donors (Lipinski definition) is 2. The Morgan fingerprint density at radius 1 is 1.00 bits per heavy atom. The van der Waals surface area contributed by atoms with Crippen molar-refractivity contribution in [3.8, 4) is 11.5 Å². The quantitative estimate of drug-likeness (QED) is 0.566. The molecule has 160 valence electrons. The molecular formula is C22H24F2N2O4. The van der Waals surface area contributed by atoms with Crippen LogP contribution in [0, 0.1) is 5.92 Å². The minimum atomic E-state index is -2.96. The van der Waals surface area contributed by atoms with Gasteiger partial charge in [0.05, 0.1) is 6.61 Å². The van der Waals surface area contributed by atoms with E-state index in [2.05, 4.69) is 15.4 Å². The van der Waals surface area contributed by atoms with Gasteiger partial charge in [0.15, 0.2) is 11.5 Å². The molecule has 0 aliphatic carbocycles. The van der Waals surface area contributed by atoms with E-state index in [9.17, 15) is 18.4 Å². The van der Waals surface area contributed by atoms with Crippen LogP contribution in [0.3, 0.4) is 0 Å². The Morgan fingerprint density at radius 3 is 2.20 bits per heavy atom. The molecule has 8 heteroatoms. The highest BCUT2D eigenvalue weighted by atomic mass is 19.3. The Balaban J connectivity index is 2.00. The first-order chi connectivity index (χ1) is 14.3. The highest BCUT2D eigenvalue weighted by molar-refractivity contribution is 6.02. The highest BCUT2D eigenvalue weighted by Gasteiger charge is 2.11. The van der Waals surface area contributed by atoms with Gasteiger partial charge in [-0.15, -0.1) is 0 Å². The number of nitrogens with one attached hydrogen (secondary N) is 2. The lowest BCUT2D eigenvalue weighted by Crippen LogP contribution is -2.17. The zero-order chi connectivity index (χ0) is 22.1. The van der Waals surface area contributed by atoms with Crippen LogP contribution in [0.1, 0.15) is 26.3 Å². The van der Waals surface area contributed by atoms with Crippen LogP contribution in [0.2, 0.25) is 0 Å². The molecule has 0 aliphatic rings. The second-order valence-electron chi connectivity index (χ2n) is 6.56. The van der Waals surface area contributed by atoms with Gasteiger partial charge in [0.2, 0.25) is 11.8 Å². The number of carbonyl (C=O) groups is 2. The van der Waals surface area contributed by atoms with Crippen LogP contribution in [0.5, 0.6) is 11.5 Å². The van der Waals surface area contributed by atoms with Gasteiger partial charge < -0.3 is 20.1 Å². The Bertz CT molecular complexity index is 897. The molecule has 30 heavy (non-hydrogen) atoms. The van der Waals surface area contributed by atoms with Crippen molar-refractivity contribution in [3.63, 3.8) is 0 Å². The molecule has 0 heterocycles. The Kier molecular flexibility index (Phi) is 8.34. The van der Waals surface area contributed by atoms with Crippen molar-refractivity contribution >= 4 is 29.3 Å². The molecule has 0 aromatic heterocycles. The van der Waals surface area contributed by atoms with Crippen LogP contribution < -0.4 is 20.1 Å². The summed E-state index contributed by atoms with van der Waals surface area (Å²) in [4.78, 5) is 23.8. The lowest BCUT2D eigenvalue weighted by Gasteiger charge is -2.11. The van der Waals surface area contributed by atoms with Gasteiger partial charge in [-0.05, 0) is 55.0 Å². The van der Waals surface area contributed by atoms with Crippen LogP contribution in [0.4, 0.5) is 20.2 Å². The standard InChI is InChI=1S/C22H24F2N2O4/c1-4-29-19-13-15(5-11-18(19)30-22(23)24)6-12-20(27)25-16-7-9-17(10-8-16)26-21(28)14(2)3/h5-14,22H,4H2,1-3H3,(H,25,27)(H,26,28)/b12-6+. The van der Waals surface area contributed by atoms with Gasteiger partial charge in [-0.3, -0.25) is 9.59 Å². The maximum absolute atomic E-state index is 12.5. The zero-order valence-corrected chi connectivity index (χ0v) is 16.9. The summed E-state index contributed by atoms with van der Waals surface area (Å²) in [7, 11) is 0. The van der Waals surface area contributed by atoms with E-state index >= 15 is 0 Å². The Labute approximate surface area is 173 Å². The van der Waals surface area contributed by atoms with E-state index in [4.69, 9.17) is 4.74 Å². The minimum Gasteiger partial charge on any atom is -0.490 e. The lowest BCUT2D eigenvalue weighted by atomic mass is 10.2. The average molecular weight is 418 g/mol. The second-order valence-corrected chi connectivity index (χ2v) is 6.56. The molecule has 2 rings (SSSR count). The van der Waals surface area contributed by atoms with E-state index < -0.39 is 6.61 Å². The first-order valence-electron chi connectivity index (χ1n) is 9.40. The van der Waals surface area contributed by atoms with Crippen LogP contribution in [0.25, 0.3) is 6.08 Å². The van der Waals surface area contributed by atoms with Crippen molar-refractivity contribution in [1.29, 1.82) is 0 Å². The average Bonchev–Trinajstić information content (AvgIpc) is 2.69. The molecule has 0 fully saturated rings. The molecule has 0 bridgehead atoms. The predicted octanol–water partition coefficient (Wildman–Crippen LogP) is 4.93. The van der Waals surface area contributed by atoms with Crippen LogP contribution in [-0.4, -0.2) is 25.0 Å². The van der Waals surface area contributed by atoms with E-state index in [1.165, 1.54) is 30.4 Å². The van der Waals surface area contributed by atoms with Crippen molar-refractivity contribution < 1.29 is 27.8 Å². The van der Waals surface area contributed by atoms with Crippen LogP contribution in [0.15, 0.2) is 48.5 Å². The molecule has 0 atom stereocenters. The van der Waals surface area contributed by atoms with Crippen molar-refractivity contribution in [2.45, 2.75) is 27.4 Å². The van der Waals surface area contributed by atoms with Gasteiger partial charge in [-0.2, -0.15) is 8.78 Å². The number of ether oxygens (including phenoxy) is 2. The van der Waals surface area contributed by atoms with Crippen LogP contribution in [-0.2, 0) is 9.59 Å². The summed E-state index contributed by atoms with van der Waals surface area (Å²) in [6.45, 7) is 2.64. The smallest absolute Gasteiger partial charge is 0.387 e. The third kappa shape index (κ3) is 7.20. The fraction of sp³-hybridized carbons (Fsp3) is 0.273. The summed E-state index contributed by atoms with van der Waals surface area (Å²) in [6.07, 6.45) is 2.84. The van der Waals surface area contributed by atoms with Gasteiger partial charge in [0, 0.05) is 23.4 Å². The second kappa shape index (κ2) is 10.9. The molecule has 2 aromatic carbocycles.